The van der Waals surface area contributed by atoms with E-state index in [2.05, 4.69) is 13.8 Å². The van der Waals surface area contributed by atoms with Crippen molar-refractivity contribution in [1.29, 1.82) is 0 Å². The Balaban J connectivity index is 2.16. The van der Waals surface area contributed by atoms with Crippen molar-refractivity contribution < 1.29 is 28.5 Å². The first-order valence-corrected chi connectivity index (χ1v) is 10.5. The van der Waals surface area contributed by atoms with Gasteiger partial charge in [0.2, 0.25) is 0 Å². The van der Waals surface area contributed by atoms with E-state index in [-0.39, 0.29) is 31.5 Å². The molecule has 0 bridgehead atoms. The molecule has 0 fully saturated rings. The number of hydrogen-bond acceptors (Lipinski definition) is 6. The molecule has 166 valence electrons. The van der Waals surface area contributed by atoms with Gasteiger partial charge in [-0.3, -0.25) is 0 Å². The number of carbonyl (C=O) groups is 1. The molecule has 29 heavy (non-hydrogen) atoms. The summed E-state index contributed by atoms with van der Waals surface area (Å²) in [4.78, 5) is 11.8. The second-order valence-electron chi connectivity index (χ2n) is 7.37. The number of rotatable bonds is 14. The van der Waals surface area contributed by atoms with Crippen LogP contribution in [0.1, 0.15) is 34.6 Å². The van der Waals surface area contributed by atoms with Crippen molar-refractivity contribution in [3.8, 4) is 5.75 Å². The second-order valence-corrected chi connectivity index (χ2v) is 8.22. The SMILES string of the molecule is CC(C)COC(C)COC(C)COC(C)COC(=O)COc1ccc(Cl)cc1Cl. The van der Waals surface area contributed by atoms with Gasteiger partial charge in [0, 0.05) is 11.6 Å². The van der Waals surface area contributed by atoms with Gasteiger partial charge in [-0.2, -0.15) is 0 Å². The third-order valence-corrected chi connectivity index (χ3v) is 4.19. The Bertz CT molecular complexity index is 611. The normalized spacial score (nSPS) is 14.5. The lowest BCUT2D eigenvalue weighted by Gasteiger charge is -2.20. The number of hydrogen-bond donors (Lipinski definition) is 0. The summed E-state index contributed by atoms with van der Waals surface area (Å²) >= 11 is 11.8. The van der Waals surface area contributed by atoms with Gasteiger partial charge in [0.15, 0.2) is 6.61 Å². The minimum absolute atomic E-state index is 0.0346. The summed E-state index contributed by atoms with van der Waals surface area (Å²) in [6.07, 6.45) is -0.320. The van der Waals surface area contributed by atoms with Crippen LogP contribution >= 0.6 is 23.2 Å². The van der Waals surface area contributed by atoms with Gasteiger partial charge in [-0.15, -0.1) is 0 Å². The van der Waals surface area contributed by atoms with E-state index in [9.17, 15) is 4.79 Å². The minimum atomic E-state index is -0.508. The second kappa shape index (κ2) is 14.0. The summed E-state index contributed by atoms with van der Waals surface area (Å²) in [6, 6.07) is 4.77. The predicted octanol–water partition coefficient (Wildman–Crippen LogP) is 4.79. The van der Waals surface area contributed by atoms with Crippen molar-refractivity contribution >= 4 is 29.2 Å². The van der Waals surface area contributed by atoms with E-state index in [1.807, 2.05) is 20.8 Å². The summed E-state index contributed by atoms with van der Waals surface area (Å²) in [5, 5.41) is 0.826. The van der Waals surface area contributed by atoms with Crippen LogP contribution in [0.15, 0.2) is 18.2 Å². The average Bonchev–Trinajstić information content (AvgIpc) is 2.66. The lowest BCUT2D eigenvalue weighted by atomic mass is 10.2. The van der Waals surface area contributed by atoms with E-state index in [0.717, 1.165) is 0 Å². The van der Waals surface area contributed by atoms with Crippen molar-refractivity contribution in [3.05, 3.63) is 28.2 Å². The van der Waals surface area contributed by atoms with Gasteiger partial charge in [-0.05, 0) is 44.9 Å². The maximum atomic E-state index is 11.8. The fourth-order valence-corrected chi connectivity index (χ4v) is 2.54. The average molecular weight is 451 g/mol. The van der Waals surface area contributed by atoms with Crippen molar-refractivity contribution in [2.45, 2.75) is 52.9 Å². The monoisotopic (exact) mass is 450 g/mol. The van der Waals surface area contributed by atoms with Gasteiger partial charge in [0.25, 0.3) is 0 Å². The zero-order valence-corrected chi connectivity index (χ0v) is 19.3. The number of esters is 1. The zero-order chi connectivity index (χ0) is 21.8. The fourth-order valence-electron chi connectivity index (χ4n) is 2.08. The van der Waals surface area contributed by atoms with E-state index in [4.69, 9.17) is 46.9 Å². The third-order valence-electron chi connectivity index (χ3n) is 3.66. The lowest BCUT2D eigenvalue weighted by molar-refractivity contribution is -0.151. The van der Waals surface area contributed by atoms with Crippen LogP contribution in [0.5, 0.6) is 5.75 Å². The molecule has 0 saturated carbocycles. The van der Waals surface area contributed by atoms with E-state index >= 15 is 0 Å². The third kappa shape index (κ3) is 12.3. The summed E-state index contributed by atoms with van der Waals surface area (Å²) < 4.78 is 27.5. The van der Waals surface area contributed by atoms with Gasteiger partial charge in [-0.1, -0.05) is 37.0 Å². The molecule has 1 aromatic carbocycles. The van der Waals surface area contributed by atoms with Gasteiger partial charge in [0.05, 0.1) is 36.5 Å². The van der Waals surface area contributed by atoms with E-state index in [0.29, 0.717) is 41.5 Å². The fraction of sp³-hybridized carbons (Fsp3) is 0.667. The summed E-state index contributed by atoms with van der Waals surface area (Å²) in [7, 11) is 0. The quantitative estimate of drug-likeness (QED) is 0.379. The molecule has 3 unspecified atom stereocenters. The highest BCUT2D eigenvalue weighted by molar-refractivity contribution is 6.35. The Morgan fingerprint density at radius 3 is 1.97 bits per heavy atom. The smallest absolute Gasteiger partial charge is 0.344 e. The molecule has 0 aromatic heterocycles. The maximum absolute atomic E-state index is 11.8. The van der Waals surface area contributed by atoms with Crippen LogP contribution in [0.3, 0.4) is 0 Å². The molecule has 0 spiro atoms. The molecule has 3 atom stereocenters. The Morgan fingerprint density at radius 1 is 0.862 bits per heavy atom. The molecule has 0 N–H and O–H groups in total. The number of benzene rings is 1. The van der Waals surface area contributed by atoms with E-state index in [1.54, 1.807) is 18.2 Å². The summed E-state index contributed by atoms with van der Waals surface area (Å²) in [5.41, 5.74) is 0. The topological polar surface area (TPSA) is 63.2 Å². The van der Waals surface area contributed by atoms with Crippen LogP contribution in [0, 0.1) is 5.92 Å². The molecule has 0 radical (unpaired) electrons. The first-order valence-electron chi connectivity index (χ1n) is 9.75. The first-order chi connectivity index (χ1) is 13.7. The molecule has 0 aliphatic carbocycles. The highest BCUT2D eigenvalue weighted by Gasteiger charge is 2.13. The molecule has 0 saturated heterocycles. The van der Waals surface area contributed by atoms with Crippen molar-refractivity contribution in [2.24, 2.45) is 5.92 Å². The Hall–Kier alpha value is -1.05. The Morgan fingerprint density at radius 2 is 1.41 bits per heavy atom. The number of ether oxygens (including phenoxy) is 5. The van der Waals surface area contributed by atoms with Crippen LogP contribution in [-0.2, 0) is 23.7 Å². The molecule has 1 aromatic rings. The highest BCUT2D eigenvalue weighted by atomic mass is 35.5. The van der Waals surface area contributed by atoms with E-state index in [1.165, 1.54) is 0 Å². The van der Waals surface area contributed by atoms with Crippen molar-refractivity contribution in [3.63, 3.8) is 0 Å². The van der Waals surface area contributed by atoms with Gasteiger partial charge >= 0.3 is 5.97 Å². The van der Waals surface area contributed by atoms with Crippen molar-refractivity contribution in [1.82, 2.24) is 0 Å². The van der Waals surface area contributed by atoms with E-state index < -0.39 is 5.97 Å². The van der Waals surface area contributed by atoms with Gasteiger partial charge in [-0.25, -0.2) is 4.79 Å². The Labute approximate surface area is 183 Å². The molecule has 0 aliphatic heterocycles. The summed E-state index contributed by atoms with van der Waals surface area (Å²) in [5.74, 6) is 0.358. The Kier molecular flexibility index (Phi) is 12.6. The van der Waals surface area contributed by atoms with Crippen LogP contribution in [0.2, 0.25) is 10.0 Å². The van der Waals surface area contributed by atoms with Crippen LogP contribution in [-0.4, -0.2) is 57.3 Å². The molecule has 0 heterocycles. The molecular weight excluding hydrogens is 419 g/mol. The van der Waals surface area contributed by atoms with Gasteiger partial charge < -0.3 is 23.7 Å². The largest absolute Gasteiger partial charge is 0.480 e. The van der Waals surface area contributed by atoms with Crippen LogP contribution < -0.4 is 4.74 Å². The van der Waals surface area contributed by atoms with Gasteiger partial charge in [0.1, 0.15) is 12.4 Å². The van der Waals surface area contributed by atoms with Crippen molar-refractivity contribution in [2.75, 3.05) is 33.0 Å². The number of carbonyl (C=O) groups excluding carboxylic acids is 1. The molecule has 0 aliphatic rings. The lowest BCUT2D eigenvalue weighted by Crippen LogP contribution is -2.28. The molecule has 6 nitrogen and oxygen atoms in total. The maximum Gasteiger partial charge on any atom is 0.344 e. The van der Waals surface area contributed by atoms with Crippen LogP contribution in [0.4, 0.5) is 0 Å². The number of halogens is 2. The minimum Gasteiger partial charge on any atom is -0.480 e. The molecule has 0 amide bonds. The highest BCUT2D eigenvalue weighted by Crippen LogP contribution is 2.27. The summed E-state index contributed by atoms with van der Waals surface area (Å²) in [6.45, 7) is 11.4. The predicted molar refractivity (Wildman–Crippen MR) is 114 cm³/mol. The molecular formula is C21H32Cl2O6. The standard InChI is InChI=1S/C21H32Cl2O6/c1-14(2)9-25-15(3)10-26-16(4)11-27-17(5)12-29-21(24)13-28-20-7-6-18(22)8-19(20)23/h6-8,14-17H,9-13H2,1-5H3. The first kappa shape index (κ1) is 26.0. The van der Waals surface area contributed by atoms with Crippen LogP contribution in [0.25, 0.3) is 0 Å². The zero-order valence-electron chi connectivity index (χ0n) is 17.8. The molecule has 1 rings (SSSR count). The molecule has 8 heteroatoms.